The van der Waals surface area contributed by atoms with E-state index < -0.39 is 23.3 Å². The molecule has 0 saturated carbocycles. The van der Waals surface area contributed by atoms with Gasteiger partial charge in [-0.2, -0.15) is 18.4 Å². The Labute approximate surface area is 186 Å². The van der Waals surface area contributed by atoms with Crippen LogP contribution in [0.1, 0.15) is 27.9 Å². The molecule has 0 atom stereocenters. The normalized spacial score (nSPS) is 13.2. The first-order chi connectivity index (χ1) is 15.7. The van der Waals surface area contributed by atoms with Crippen molar-refractivity contribution in [1.29, 1.82) is 5.26 Å². The Morgan fingerprint density at radius 3 is 2.70 bits per heavy atom. The SMILES string of the molecule is N#Cc1ccc(N2CCc3c(ncnc3Nc3ccc(CC(=O)O)cn3)C2)cc1C(F)(F)F. The van der Waals surface area contributed by atoms with Crippen LogP contribution in [0.4, 0.5) is 30.5 Å². The molecule has 0 amide bonds. The number of benzene rings is 1. The number of pyridine rings is 1. The van der Waals surface area contributed by atoms with Crippen molar-refractivity contribution in [1.82, 2.24) is 15.0 Å². The number of alkyl halides is 3. The molecule has 11 heteroatoms. The summed E-state index contributed by atoms with van der Waals surface area (Å²) in [5.74, 6) is 0.0693. The number of carboxylic acid groups (broad SMARTS) is 1. The summed E-state index contributed by atoms with van der Waals surface area (Å²) < 4.78 is 40.0. The standard InChI is InChI=1S/C22H17F3N6O2/c23-22(24,25)17-8-15(3-2-14(17)9-26)31-6-5-16-18(11-31)28-12-29-21(16)30-19-4-1-13(10-27-19)7-20(32)33/h1-4,8,10,12H,5-7,11H2,(H,32,33)(H,27,28,29,30). The molecule has 0 spiro atoms. The summed E-state index contributed by atoms with van der Waals surface area (Å²) in [6.07, 6.45) is -1.44. The van der Waals surface area contributed by atoms with E-state index in [-0.39, 0.29) is 13.0 Å². The number of nitrogens with one attached hydrogen (secondary N) is 1. The van der Waals surface area contributed by atoms with Crippen LogP contribution in [0.3, 0.4) is 0 Å². The minimum atomic E-state index is -4.62. The van der Waals surface area contributed by atoms with Crippen molar-refractivity contribution in [3.8, 4) is 6.07 Å². The van der Waals surface area contributed by atoms with Gasteiger partial charge in [-0.1, -0.05) is 6.07 Å². The molecule has 3 aromatic rings. The maximum Gasteiger partial charge on any atom is 0.417 e. The van der Waals surface area contributed by atoms with Gasteiger partial charge in [0.2, 0.25) is 0 Å². The Morgan fingerprint density at radius 1 is 1.21 bits per heavy atom. The van der Waals surface area contributed by atoms with Crippen LogP contribution in [0, 0.1) is 11.3 Å². The van der Waals surface area contributed by atoms with Crippen LogP contribution in [0.15, 0.2) is 42.9 Å². The second-order valence-electron chi connectivity index (χ2n) is 7.41. The highest BCUT2D eigenvalue weighted by Crippen LogP contribution is 2.36. The Hall–Kier alpha value is -4.20. The molecule has 0 aliphatic carbocycles. The van der Waals surface area contributed by atoms with Gasteiger partial charge in [-0.3, -0.25) is 4.79 Å². The summed E-state index contributed by atoms with van der Waals surface area (Å²) in [7, 11) is 0. The number of anilines is 3. The number of rotatable bonds is 5. The third kappa shape index (κ3) is 4.85. The van der Waals surface area contributed by atoms with E-state index in [1.165, 1.54) is 24.7 Å². The first-order valence-electron chi connectivity index (χ1n) is 9.87. The summed E-state index contributed by atoms with van der Waals surface area (Å²) in [6.45, 7) is 0.712. The van der Waals surface area contributed by atoms with Gasteiger partial charge >= 0.3 is 12.1 Å². The minimum absolute atomic E-state index is 0.128. The molecule has 33 heavy (non-hydrogen) atoms. The van der Waals surface area contributed by atoms with Gasteiger partial charge in [0.05, 0.1) is 35.9 Å². The average molecular weight is 454 g/mol. The molecular formula is C22H17F3N6O2. The lowest BCUT2D eigenvalue weighted by Crippen LogP contribution is -2.32. The lowest BCUT2D eigenvalue weighted by molar-refractivity contribution is -0.138. The third-order valence-electron chi connectivity index (χ3n) is 5.23. The number of hydrogen-bond acceptors (Lipinski definition) is 7. The zero-order valence-electron chi connectivity index (χ0n) is 17.1. The molecule has 1 aromatic carbocycles. The van der Waals surface area contributed by atoms with Crippen molar-refractivity contribution < 1.29 is 23.1 Å². The lowest BCUT2D eigenvalue weighted by Gasteiger charge is -2.31. The molecule has 1 aliphatic rings. The summed E-state index contributed by atoms with van der Waals surface area (Å²) >= 11 is 0. The predicted molar refractivity (Wildman–Crippen MR) is 112 cm³/mol. The first kappa shape index (κ1) is 22.0. The van der Waals surface area contributed by atoms with Gasteiger partial charge in [0.25, 0.3) is 0 Å². The fourth-order valence-corrected chi connectivity index (χ4v) is 3.64. The molecule has 2 N–H and O–H groups in total. The second kappa shape index (κ2) is 8.74. The molecule has 1 aliphatic heterocycles. The fourth-order valence-electron chi connectivity index (χ4n) is 3.64. The number of halogens is 3. The molecule has 2 aromatic heterocycles. The Bertz CT molecular complexity index is 1240. The quantitative estimate of drug-likeness (QED) is 0.600. The van der Waals surface area contributed by atoms with Gasteiger partial charge in [-0.05, 0) is 36.2 Å². The van der Waals surface area contributed by atoms with Crippen LogP contribution in [0.25, 0.3) is 0 Å². The van der Waals surface area contributed by atoms with E-state index in [1.807, 2.05) is 0 Å². The largest absolute Gasteiger partial charge is 0.481 e. The summed E-state index contributed by atoms with van der Waals surface area (Å²) in [5.41, 5.74) is 1.04. The number of aliphatic carboxylic acids is 1. The molecule has 0 bridgehead atoms. The molecular weight excluding hydrogens is 437 g/mol. The summed E-state index contributed by atoms with van der Waals surface area (Å²) in [6, 6.07) is 8.57. The second-order valence-corrected chi connectivity index (χ2v) is 7.41. The van der Waals surface area contributed by atoms with E-state index in [0.717, 1.165) is 11.6 Å². The van der Waals surface area contributed by atoms with E-state index >= 15 is 0 Å². The molecule has 8 nitrogen and oxygen atoms in total. The lowest BCUT2D eigenvalue weighted by atomic mass is 10.0. The van der Waals surface area contributed by atoms with Crippen LogP contribution in [0.2, 0.25) is 0 Å². The number of aromatic nitrogens is 3. The van der Waals surface area contributed by atoms with Crippen molar-refractivity contribution in [3.63, 3.8) is 0 Å². The molecule has 4 rings (SSSR count). The Kier molecular flexibility index (Phi) is 5.83. The van der Waals surface area contributed by atoms with Gasteiger partial charge in [0, 0.05) is 24.0 Å². The van der Waals surface area contributed by atoms with E-state index in [9.17, 15) is 18.0 Å². The van der Waals surface area contributed by atoms with Crippen LogP contribution in [0.5, 0.6) is 0 Å². The van der Waals surface area contributed by atoms with Crippen LogP contribution in [-0.2, 0) is 30.4 Å². The summed E-state index contributed by atoms with van der Waals surface area (Å²) in [5, 5.41) is 21.0. The van der Waals surface area contributed by atoms with Gasteiger partial charge < -0.3 is 15.3 Å². The highest BCUT2D eigenvalue weighted by molar-refractivity contribution is 5.70. The topological polar surface area (TPSA) is 115 Å². The Balaban J connectivity index is 1.55. The van der Waals surface area contributed by atoms with Crippen LogP contribution < -0.4 is 10.2 Å². The van der Waals surface area contributed by atoms with Crippen LogP contribution in [-0.4, -0.2) is 32.6 Å². The van der Waals surface area contributed by atoms with E-state index in [2.05, 4.69) is 20.3 Å². The molecule has 168 valence electrons. The third-order valence-corrected chi connectivity index (χ3v) is 5.23. The van der Waals surface area contributed by atoms with Crippen molar-refractivity contribution in [2.45, 2.75) is 25.6 Å². The highest BCUT2D eigenvalue weighted by Gasteiger charge is 2.34. The van der Waals surface area contributed by atoms with Crippen LogP contribution >= 0.6 is 0 Å². The molecule has 0 saturated heterocycles. The van der Waals surface area contributed by atoms with Crippen molar-refractivity contribution in [3.05, 3.63) is 70.8 Å². The molecule has 3 heterocycles. The van der Waals surface area contributed by atoms with Crippen molar-refractivity contribution in [2.75, 3.05) is 16.8 Å². The smallest absolute Gasteiger partial charge is 0.417 e. The molecule has 0 fully saturated rings. The van der Waals surface area contributed by atoms with Gasteiger partial charge in [0.1, 0.15) is 18.0 Å². The van der Waals surface area contributed by atoms with Crippen molar-refractivity contribution in [2.24, 2.45) is 0 Å². The van der Waals surface area contributed by atoms with Gasteiger partial charge in [0.15, 0.2) is 0 Å². The molecule has 0 unspecified atom stereocenters. The van der Waals surface area contributed by atoms with Crippen molar-refractivity contribution >= 4 is 23.3 Å². The first-order valence-corrected chi connectivity index (χ1v) is 9.87. The maximum atomic E-state index is 13.3. The van der Waals surface area contributed by atoms with E-state index in [4.69, 9.17) is 10.4 Å². The Morgan fingerprint density at radius 2 is 2.03 bits per heavy atom. The van der Waals surface area contributed by atoms with E-state index in [1.54, 1.807) is 23.1 Å². The highest BCUT2D eigenvalue weighted by atomic mass is 19.4. The number of nitriles is 1. The van der Waals surface area contributed by atoms with Gasteiger partial charge in [-0.15, -0.1) is 0 Å². The maximum absolute atomic E-state index is 13.3. The predicted octanol–water partition coefficient (Wildman–Crippen LogP) is 3.70. The van der Waals surface area contributed by atoms with Gasteiger partial charge in [-0.25, -0.2) is 15.0 Å². The number of carboxylic acids is 1. The molecule has 0 radical (unpaired) electrons. The number of fused-ring (bicyclic) bond motifs is 1. The average Bonchev–Trinajstić information content (AvgIpc) is 2.79. The zero-order chi connectivity index (χ0) is 23.6. The van der Waals surface area contributed by atoms with E-state index in [0.29, 0.717) is 41.5 Å². The number of carbonyl (C=O) groups is 1. The summed E-state index contributed by atoms with van der Waals surface area (Å²) in [4.78, 5) is 25.3. The number of hydrogen-bond donors (Lipinski definition) is 2. The zero-order valence-corrected chi connectivity index (χ0v) is 17.1. The number of nitrogens with zero attached hydrogens (tertiary/aromatic N) is 5. The minimum Gasteiger partial charge on any atom is -0.481 e. The fraction of sp³-hybridized carbons (Fsp3) is 0.227. The monoisotopic (exact) mass is 454 g/mol.